The van der Waals surface area contributed by atoms with Gasteiger partial charge >= 0.3 is 0 Å². The van der Waals surface area contributed by atoms with Gasteiger partial charge in [-0.1, -0.05) is 18.2 Å². The number of nitrogens with zero attached hydrogens (tertiary/aromatic N) is 2. The number of anilines is 1. The van der Waals surface area contributed by atoms with Crippen LogP contribution in [0.15, 0.2) is 48.7 Å². The standard InChI is InChI=1S/C16H15N3O2/c17-11-13-5-1-2-7-15(13)19-16(20)12-21-10-8-14-6-3-4-9-18-14/h1-7,9H,8,10,12H2,(H,19,20). The fraction of sp³-hybridized carbons (Fsp3) is 0.188. The second-order valence-corrected chi connectivity index (χ2v) is 4.33. The first-order valence-electron chi connectivity index (χ1n) is 6.56. The average Bonchev–Trinajstić information content (AvgIpc) is 2.53. The molecule has 1 N–H and O–H groups in total. The number of para-hydroxylation sites is 1. The van der Waals surface area contributed by atoms with Gasteiger partial charge in [0.1, 0.15) is 12.7 Å². The summed E-state index contributed by atoms with van der Waals surface area (Å²) in [6.45, 7) is 0.372. The lowest BCUT2D eigenvalue weighted by molar-refractivity contribution is -0.120. The normalized spacial score (nSPS) is 9.86. The molecule has 0 bridgehead atoms. The predicted molar refractivity (Wildman–Crippen MR) is 78.5 cm³/mol. The monoisotopic (exact) mass is 281 g/mol. The van der Waals surface area contributed by atoms with Crippen LogP contribution in [0.5, 0.6) is 0 Å². The van der Waals surface area contributed by atoms with Gasteiger partial charge in [-0.25, -0.2) is 0 Å². The Hall–Kier alpha value is -2.71. The Kier molecular flexibility index (Phi) is 5.44. The lowest BCUT2D eigenvalue weighted by atomic mass is 10.2. The van der Waals surface area contributed by atoms with E-state index in [-0.39, 0.29) is 12.5 Å². The van der Waals surface area contributed by atoms with Crippen LogP contribution in [0.1, 0.15) is 11.3 Å². The van der Waals surface area contributed by atoms with E-state index in [1.165, 1.54) is 0 Å². The molecule has 0 fully saturated rings. The van der Waals surface area contributed by atoms with Gasteiger partial charge in [0.25, 0.3) is 0 Å². The molecule has 2 rings (SSSR count). The van der Waals surface area contributed by atoms with Gasteiger partial charge in [-0.15, -0.1) is 0 Å². The second kappa shape index (κ2) is 7.78. The fourth-order valence-corrected chi connectivity index (χ4v) is 1.76. The molecule has 0 aliphatic carbocycles. The van der Waals surface area contributed by atoms with Crippen molar-refractivity contribution in [2.24, 2.45) is 0 Å². The molecule has 21 heavy (non-hydrogen) atoms. The molecule has 5 nitrogen and oxygen atoms in total. The minimum absolute atomic E-state index is 0.0490. The highest BCUT2D eigenvalue weighted by Gasteiger charge is 2.06. The molecule has 0 saturated heterocycles. The third kappa shape index (κ3) is 4.71. The number of aromatic nitrogens is 1. The van der Waals surface area contributed by atoms with Crippen molar-refractivity contribution < 1.29 is 9.53 Å². The maximum Gasteiger partial charge on any atom is 0.250 e. The molecular weight excluding hydrogens is 266 g/mol. The largest absolute Gasteiger partial charge is 0.371 e. The Labute approximate surface area is 123 Å². The average molecular weight is 281 g/mol. The molecule has 1 heterocycles. The Morgan fingerprint density at radius 3 is 2.81 bits per heavy atom. The summed E-state index contributed by atoms with van der Waals surface area (Å²) in [5.74, 6) is -0.279. The maximum absolute atomic E-state index is 11.7. The van der Waals surface area contributed by atoms with Crippen molar-refractivity contribution in [3.63, 3.8) is 0 Å². The van der Waals surface area contributed by atoms with E-state index in [0.717, 1.165) is 5.69 Å². The number of rotatable bonds is 6. The number of ether oxygens (including phenoxy) is 1. The quantitative estimate of drug-likeness (QED) is 0.823. The number of hydrogen-bond donors (Lipinski definition) is 1. The molecule has 0 saturated carbocycles. The second-order valence-electron chi connectivity index (χ2n) is 4.33. The zero-order valence-corrected chi connectivity index (χ0v) is 11.5. The summed E-state index contributed by atoms with van der Waals surface area (Å²) in [5, 5.41) is 11.6. The van der Waals surface area contributed by atoms with Gasteiger partial charge in [0.15, 0.2) is 0 Å². The number of pyridine rings is 1. The number of benzene rings is 1. The van der Waals surface area contributed by atoms with E-state index < -0.39 is 0 Å². The van der Waals surface area contributed by atoms with Gasteiger partial charge < -0.3 is 10.1 Å². The molecule has 0 aliphatic heterocycles. The third-order valence-corrected chi connectivity index (χ3v) is 2.78. The number of nitrogens with one attached hydrogen (secondary N) is 1. The van der Waals surface area contributed by atoms with Gasteiger partial charge in [-0.05, 0) is 24.3 Å². The van der Waals surface area contributed by atoms with E-state index in [2.05, 4.69) is 10.3 Å². The van der Waals surface area contributed by atoms with Crippen molar-refractivity contribution in [1.29, 1.82) is 5.26 Å². The first kappa shape index (κ1) is 14.7. The molecule has 2 aromatic rings. The smallest absolute Gasteiger partial charge is 0.250 e. The van der Waals surface area contributed by atoms with Gasteiger partial charge in [0, 0.05) is 18.3 Å². The van der Waals surface area contributed by atoms with Crippen LogP contribution in [0.4, 0.5) is 5.69 Å². The summed E-state index contributed by atoms with van der Waals surface area (Å²) in [4.78, 5) is 15.9. The number of carbonyl (C=O) groups is 1. The summed E-state index contributed by atoms with van der Waals surface area (Å²) in [7, 11) is 0. The zero-order chi connectivity index (χ0) is 14.9. The highest BCUT2D eigenvalue weighted by Crippen LogP contribution is 2.13. The highest BCUT2D eigenvalue weighted by molar-refractivity contribution is 5.92. The van der Waals surface area contributed by atoms with Crippen LogP contribution < -0.4 is 5.32 Å². The fourth-order valence-electron chi connectivity index (χ4n) is 1.76. The molecule has 1 aromatic carbocycles. The minimum Gasteiger partial charge on any atom is -0.371 e. The Morgan fingerprint density at radius 2 is 2.05 bits per heavy atom. The third-order valence-electron chi connectivity index (χ3n) is 2.78. The topological polar surface area (TPSA) is 75.0 Å². The SMILES string of the molecule is N#Cc1ccccc1NC(=O)COCCc1ccccn1. The number of carbonyl (C=O) groups excluding carboxylic acids is 1. The van der Waals surface area contributed by atoms with Gasteiger partial charge in [-0.2, -0.15) is 5.26 Å². The summed E-state index contributed by atoms with van der Waals surface area (Å²) >= 11 is 0. The van der Waals surface area contributed by atoms with Crippen LogP contribution in [0.25, 0.3) is 0 Å². The van der Waals surface area contributed by atoms with E-state index in [9.17, 15) is 4.79 Å². The Balaban J connectivity index is 1.74. The van der Waals surface area contributed by atoms with Gasteiger partial charge in [-0.3, -0.25) is 9.78 Å². The minimum atomic E-state index is -0.279. The maximum atomic E-state index is 11.7. The van der Waals surface area contributed by atoms with Gasteiger partial charge in [0.05, 0.1) is 17.9 Å². The van der Waals surface area contributed by atoms with Crippen LogP contribution in [0, 0.1) is 11.3 Å². The Bertz CT molecular complexity index is 635. The van der Waals surface area contributed by atoms with Crippen molar-refractivity contribution in [2.75, 3.05) is 18.5 Å². The van der Waals surface area contributed by atoms with Crippen molar-refractivity contribution in [1.82, 2.24) is 4.98 Å². The molecule has 1 aromatic heterocycles. The summed E-state index contributed by atoms with van der Waals surface area (Å²) in [5.41, 5.74) is 1.85. The van der Waals surface area contributed by atoms with E-state index in [0.29, 0.717) is 24.3 Å². The molecule has 0 radical (unpaired) electrons. The first-order valence-corrected chi connectivity index (χ1v) is 6.56. The summed E-state index contributed by atoms with van der Waals surface area (Å²) < 4.78 is 5.31. The molecule has 0 atom stereocenters. The summed E-state index contributed by atoms with van der Waals surface area (Å²) in [6.07, 6.45) is 2.38. The van der Waals surface area contributed by atoms with Crippen LogP contribution in [0.2, 0.25) is 0 Å². The van der Waals surface area contributed by atoms with E-state index >= 15 is 0 Å². The van der Waals surface area contributed by atoms with Crippen molar-refractivity contribution >= 4 is 11.6 Å². The van der Waals surface area contributed by atoms with Gasteiger partial charge in [0.2, 0.25) is 5.91 Å². The van der Waals surface area contributed by atoms with Crippen molar-refractivity contribution in [3.8, 4) is 6.07 Å². The number of amides is 1. The molecule has 5 heteroatoms. The lowest BCUT2D eigenvalue weighted by Crippen LogP contribution is -2.19. The van der Waals surface area contributed by atoms with Crippen LogP contribution in [0.3, 0.4) is 0 Å². The number of hydrogen-bond acceptors (Lipinski definition) is 4. The predicted octanol–water partition coefficient (Wildman–Crippen LogP) is 2.15. The van der Waals surface area contributed by atoms with Crippen LogP contribution >= 0.6 is 0 Å². The zero-order valence-electron chi connectivity index (χ0n) is 11.5. The van der Waals surface area contributed by atoms with Crippen molar-refractivity contribution in [3.05, 3.63) is 59.9 Å². The highest BCUT2D eigenvalue weighted by atomic mass is 16.5. The number of nitriles is 1. The van der Waals surface area contributed by atoms with E-state index in [4.69, 9.17) is 10.00 Å². The summed E-state index contributed by atoms with van der Waals surface area (Å²) in [6, 6.07) is 14.5. The molecular formula is C16H15N3O2. The molecule has 106 valence electrons. The molecule has 0 unspecified atom stereocenters. The lowest BCUT2D eigenvalue weighted by Gasteiger charge is -2.07. The Morgan fingerprint density at radius 1 is 1.24 bits per heavy atom. The van der Waals surface area contributed by atoms with E-state index in [1.54, 1.807) is 30.5 Å². The van der Waals surface area contributed by atoms with E-state index in [1.807, 2.05) is 24.3 Å². The first-order chi connectivity index (χ1) is 10.3. The molecule has 0 aliphatic rings. The van der Waals surface area contributed by atoms with Crippen LogP contribution in [-0.2, 0) is 16.0 Å². The van der Waals surface area contributed by atoms with Crippen LogP contribution in [-0.4, -0.2) is 24.1 Å². The molecule has 0 spiro atoms. The molecule has 1 amide bonds. The van der Waals surface area contributed by atoms with Crippen molar-refractivity contribution in [2.45, 2.75) is 6.42 Å².